The largest absolute Gasteiger partial charge is 0.496 e. The minimum absolute atomic E-state index is 0.113. The highest BCUT2D eigenvalue weighted by Gasteiger charge is 2.35. The molecule has 5 nitrogen and oxygen atoms in total. The van der Waals surface area contributed by atoms with Crippen LogP contribution in [0, 0.1) is 5.92 Å². The molecule has 2 rings (SSSR count). The minimum atomic E-state index is -0.857. The van der Waals surface area contributed by atoms with Gasteiger partial charge in [-0.25, -0.2) is 0 Å². The molecule has 1 amide bonds. The second-order valence-electron chi connectivity index (χ2n) is 4.47. The van der Waals surface area contributed by atoms with Gasteiger partial charge in [-0.15, -0.1) is 0 Å². The maximum Gasteiger partial charge on any atom is 0.310 e. The number of aliphatic carboxylic acids is 1. The predicted octanol–water partition coefficient (Wildman–Crippen LogP) is 1.43. The second kappa shape index (κ2) is 5.48. The number of hydrogen-bond acceptors (Lipinski definition) is 3. The number of carbonyl (C=O) groups is 2. The number of amides is 1. The number of carboxylic acid groups (broad SMARTS) is 1. The highest BCUT2D eigenvalue weighted by molar-refractivity contribution is 6.30. The van der Waals surface area contributed by atoms with Gasteiger partial charge in [0.1, 0.15) is 5.75 Å². The van der Waals surface area contributed by atoms with E-state index in [1.807, 2.05) is 0 Å². The first-order valence-corrected chi connectivity index (χ1v) is 6.22. The Morgan fingerprint density at radius 2 is 2.16 bits per heavy atom. The van der Waals surface area contributed by atoms with Crippen LogP contribution in [0.5, 0.6) is 5.75 Å². The zero-order chi connectivity index (χ0) is 14.0. The van der Waals surface area contributed by atoms with E-state index >= 15 is 0 Å². The summed E-state index contributed by atoms with van der Waals surface area (Å²) in [5, 5.41) is 9.30. The van der Waals surface area contributed by atoms with Crippen molar-refractivity contribution >= 4 is 23.5 Å². The van der Waals surface area contributed by atoms with Crippen LogP contribution in [0.25, 0.3) is 0 Å². The number of halogens is 1. The van der Waals surface area contributed by atoms with Crippen LogP contribution < -0.4 is 4.74 Å². The van der Waals surface area contributed by atoms with Crippen LogP contribution in [0.4, 0.5) is 0 Å². The summed E-state index contributed by atoms with van der Waals surface area (Å²) < 4.78 is 5.17. The van der Waals surface area contributed by atoms with Crippen molar-refractivity contribution in [2.75, 3.05) is 20.2 Å². The molecule has 1 aliphatic heterocycles. The smallest absolute Gasteiger partial charge is 0.310 e. The normalized spacial score (nSPS) is 14.9. The molecule has 6 heteroatoms. The standard InChI is InChI=1S/C13H14ClNO4/c1-19-11-3-2-10(14)4-8(11)5-12(16)15-6-9(7-15)13(17)18/h2-4,9H,5-7H2,1H3,(H,17,18). The third-order valence-corrected chi connectivity index (χ3v) is 3.40. The highest BCUT2D eigenvalue weighted by atomic mass is 35.5. The summed E-state index contributed by atoms with van der Waals surface area (Å²) in [5.74, 6) is -0.805. The number of benzene rings is 1. The van der Waals surface area contributed by atoms with Crippen LogP contribution >= 0.6 is 11.6 Å². The van der Waals surface area contributed by atoms with Crippen molar-refractivity contribution in [3.05, 3.63) is 28.8 Å². The van der Waals surface area contributed by atoms with Gasteiger partial charge in [0.2, 0.25) is 5.91 Å². The Bertz CT molecular complexity index is 511. The number of rotatable bonds is 4. The maximum atomic E-state index is 12.0. The molecule has 102 valence electrons. The SMILES string of the molecule is COc1ccc(Cl)cc1CC(=O)N1CC(C(=O)O)C1. The van der Waals surface area contributed by atoms with Gasteiger partial charge in [0.15, 0.2) is 0 Å². The molecule has 0 atom stereocenters. The van der Waals surface area contributed by atoms with Gasteiger partial charge in [-0.3, -0.25) is 9.59 Å². The molecule has 0 bridgehead atoms. The van der Waals surface area contributed by atoms with Crippen LogP contribution in [0.2, 0.25) is 5.02 Å². The third-order valence-electron chi connectivity index (χ3n) is 3.17. The monoisotopic (exact) mass is 283 g/mol. The first-order chi connectivity index (χ1) is 9.01. The molecular weight excluding hydrogens is 270 g/mol. The zero-order valence-corrected chi connectivity index (χ0v) is 11.2. The molecule has 0 aliphatic carbocycles. The molecule has 1 aliphatic rings. The Kier molecular flexibility index (Phi) is 3.95. The van der Waals surface area contributed by atoms with Crippen LogP contribution in [0.1, 0.15) is 5.56 Å². The summed E-state index contributed by atoms with van der Waals surface area (Å²) in [5.41, 5.74) is 0.707. The van der Waals surface area contributed by atoms with Gasteiger partial charge < -0.3 is 14.7 Å². The lowest BCUT2D eigenvalue weighted by Crippen LogP contribution is -2.53. The van der Waals surface area contributed by atoms with E-state index in [4.69, 9.17) is 21.4 Å². The third kappa shape index (κ3) is 2.98. The Balaban J connectivity index is 2.00. The van der Waals surface area contributed by atoms with Crippen molar-refractivity contribution in [3.8, 4) is 5.75 Å². The fourth-order valence-corrected chi connectivity index (χ4v) is 2.19. The first kappa shape index (κ1) is 13.7. The highest BCUT2D eigenvalue weighted by Crippen LogP contribution is 2.25. The van der Waals surface area contributed by atoms with E-state index in [0.717, 1.165) is 0 Å². The van der Waals surface area contributed by atoms with E-state index in [9.17, 15) is 9.59 Å². The molecule has 19 heavy (non-hydrogen) atoms. The lowest BCUT2D eigenvalue weighted by atomic mass is 9.99. The van der Waals surface area contributed by atoms with Crippen LogP contribution in [-0.2, 0) is 16.0 Å². The van der Waals surface area contributed by atoms with Gasteiger partial charge in [0.25, 0.3) is 0 Å². The Hall–Kier alpha value is -1.75. The Morgan fingerprint density at radius 3 is 2.74 bits per heavy atom. The van der Waals surface area contributed by atoms with E-state index < -0.39 is 11.9 Å². The lowest BCUT2D eigenvalue weighted by molar-refractivity contribution is -0.152. The van der Waals surface area contributed by atoms with Crippen molar-refractivity contribution in [2.24, 2.45) is 5.92 Å². The molecule has 0 unspecified atom stereocenters. The van der Waals surface area contributed by atoms with Crippen molar-refractivity contribution in [1.29, 1.82) is 0 Å². The summed E-state index contributed by atoms with van der Waals surface area (Å²) in [6.07, 6.45) is 0.163. The van der Waals surface area contributed by atoms with E-state index in [2.05, 4.69) is 0 Å². The average Bonchev–Trinajstić information content (AvgIpc) is 2.26. The van der Waals surface area contributed by atoms with Gasteiger partial charge in [-0.1, -0.05) is 11.6 Å². The number of nitrogens with zero attached hydrogens (tertiary/aromatic N) is 1. The number of methoxy groups -OCH3 is 1. The van der Waals surface area contributed by atoms with E-state index in [0.29, 0.717) is 16.3 Å². The summed E-state index contributed by atoms with van der Waals surface area (Å²) >= 11 is 5.89. The number of carboxylic acids is 1. The molecule has 1 N–H and O–H groups in total. The van der Waals surface area contributed by atoms with Crippen molar-refractivity contribution in [3.63, 3.8) is 0 Å². The summed E-state index contributed by atoms with van der Waals surface area (Å²) in [4.78, 5) is 24.2. The summed E-state index contributed by atoms with van der Waals surface area (Å²) in [6.45, 7) is 0.550. The summed E-state index contributed by atoms with van der Waals surface area (Å²) in [6, 6.07) is 5.09. The molecular formula is C13H14ClNO4. The second-order valence-corrected chi connectivity index (χ2v) is 4.90. The van der Waals surface area contributed by atoms with Crippen LogP contribution in [0.3, 0.4) is 0 Å². The molecule has 1 aromatic carbocycles. The first-order valence-electron chi connectivity index (χ1n) is 5.84. The van der Waals surface area contributed by atoms with Gasteiger partial charge in [0, 0.05) is 23.7 Å². The fraction of sp³-hybridized carbons (Fsp3) is 0.385. The van der Waals surface area contributed by atoms with Gasteiger partial charge in [-0.05, 0) is 18.2 Å². The quantitative estimate of drug-likeness (QED) is 0.908. The molecule has 0 saturated carbocycles. The number of likely N-dealkylation sites (tertiary alicyclic amines) is 1. The number of carbonyl (C=O) groups excluding carboxylic acids is 1. The molecule has 1 saturated heterocycles. The Morgan fingerprint density at radius 1 is 1.47 bits per heavy atom. The molecule has 0 radical (unpaired) electrons. The topological polar surface area (TPSA) is 66.8 Å². The van der Waals surface area contributed by atoms with Crippen molar-refractivity contribution in [1.82, 2.24) is 4.90 Å². The van der Waals surface area contributed by atoms with Gasteiger partial charge in [0.05, 0.1) is 19.4 Å². The van der Waals surface area contributed by atoms with Gasteiger partial charge >= 0.3 is 5.97 Å². The number of ether oxygens (including phenoxy) is 1. The van der Waals surface area contributed by atoms with E-state index in [1.54, 1.807) is 18.2 Å². The number of hydrogen-bond donors (Lipinski definition) is 1. The van der Waals surface area contributed by atoms with E-state index in [-0.39, 0.29) is 25.4 Å². The maximum absolute atomic E-state index is 12.0. The predicted molar refractivity (Wildman–Crippen MR) is 69.4 cm³/mol. The fourth-order valence-electron chi connectivity index (χ4n) is 2.00. The molecule has 1 fully saturated rings. The zero-order valence-electron chi connectivity index (χ0n) is 10.4. The minimum Gasteiger partial charge on any atom is -0.496 e. The molecule has 0 spiro atoms. The van der Waals surface area contributed by atoms with E-state index in [1.165, 1.54) is 12.0 Å². The van der Waals surface area contributed by atoms with Crippen LogP contribution in [-0.4, -0.2) is 42.1 Å². The molecule has 1 aromatic rings. The Labute approximate surface area is 115 Å². The lowest BCUT2D eigenvalue weighted by Gasteiger charge is -2.36. The molecule has 0 aromatic heterocycles. The molecule has 1 heterocycles. The average molecular weight is 284 g/mol. The van der Waals surface area contributed by atoms with Crippen LogP contribution in [0.15, 0.2) is 18.2 Å². The van der Waals surface area contributed by atoms with Crippen molar-refractivity contribution in [2.45, 2.75) is 6.42 Å². The van der Waals surface area contributed by atoms with Gasteiger partial charge in [-0.2, -0.15) is 0 Å². The summed E-state index contributed by atoms with van der Waals surface area (Å²) in [7, 11) is 1.53. The van der Waals surface area contributed by atoms with Crippen molar-refractivity contribution < 1.29 is 19.4 Å².